The average Bonchev–Trinajstić information content (AvgIpc) is 3.24. The molecule has 0 radical (unpaired) electrons. The third-order valence-corrected chi connectivity index (χ3v) is 10.8. The number of nitrogens with one attached hydrogen (secondary N) is 3. The van der Waals surface area contributed by atoms with Gasteiger partial charge in [0.05, 0.1) is 18.3 Å². The zero-order valence-corrected chi connectivity index (χ0v) is 38.8. The number of aliphatic hydroxyl groups is 3. The summed E-state index contributed by atoms with van der Waals surface area (Å²) in [6, 6.07) is 0. The summed E-state index contributed by atoms with van der Waals surface area (Å²) < 4.78 is 0. The van der Waals surface area contributed by atoms with Crippen LogP contribution in [0.2, 0.25) is 0 Å². The van der Waals surface area contributed by atoms with Crippen LogP contribution in [0.15, 0.2) is 36.5 Å². The molecule has 0 aliphatic carbocycles. The molecule has 0 amide bonds. The Morgan fingerprint density at radius 2 is 0.700 bits per heavy atom. The smallest absolute Gasteiger partial charge is 0.175 e. The van der Waals surface area contributed by atoms with E-state index in [2.05, 4.69) is 57.2 Å². The Hall–Kier alpha value is -1.26. The minimum Gasteiger partial charge on any atom is -0.600 e. The molecule has 0 saturated carbocycles. The molecule has 6 unspecified atom stereocenters. The summed E-state index contributed by atoms with van der Waals surface area (Å²) >= 11 is 0. The first-order valence-electron chi connectivity index (χ1n) is 24.7. The molecular weight excluding hydrogens is 763 g/mol. The van der Waals surface area contributed by atoms with Crippen LogP contribution < -0.4 is 15.7 Å². The summed E-state index contributed by atoms with van der Waals surface area (Å²) in [5.41, 5.74) is 0. The zero-order chi connectivity index (χ0) is 44.2. The van der Waals surface area contributed by atoms with E-state index in [1.165, 1.54) is 0 Å². The van der Waals surface area contributed by atoms with Crippen molar-refractivity contribution in [2.45, 2.75) is 238 Å². The van der Waals surface area contributed by atoms with E-state index in [1.807, 2.05) is 0 Å². The van der Waals surface area contributed by atoms with Gasteiger partial charge in [0.25, 0.3) is 0 Å². The van der Waals surface area contributed by atoms with Crippen LogP contribution in [-0.2, 0) is 14.5 Å². The molecule has 12 nitrogen and oxygen atoms in total. The number of hydrogen-bond acceptors (Lipinski definition) is 9. The van der Waals surface area contributed by atoms with E-state index in [0.717, 1.165) is 186 Å². The predicted octanol–water partition coefficient (Wildman–Crippen LogP) is 7.81. The number of hydroxylamine groups is 6. The highest BCUT2D eigenvalue weighted by Gasteiger charge is 2.20. The Kier molecular flexibility index (Phi) is 44.8. The lowest BCUT2D eigenvalue weighted by Crippen LogP contribution is -3.09. The fourth-order valence-corrected chi connectivity index (χ4v) is 6.85. The summed E-state index contributed by atoms with van der Waals surface area (Å²) in [6.07, 6.45) is 40.1. The van der Waals surface area contributed by atoms with Gasteiger partial charge in [-0.3, -0.25) is 0 Å². The first-order valence-corrected chi connectivity index (χ1v) is 24.7. The lowest BCUT2D eigenvalue weighted by atomic mass is 10.1. The van der Waals surface area contributed by atoms with Crippen molar-refractivity contribution in [2.24, 2.45) is 0 Å². The van der Waals surface area contributed by atoms with E-state index in [-0.39, 0.29) is 53.7 Å². The van der Waals surface area contributed by atoms with Crippen molar-refractivity contribution >= 4 is 0 Å². The molecule has 0 aromatic rings. The van der Waals surface area contributed by atoms with Crippen LogP contribution in [0, 0.1) is 15.6 Å². The molecule has 0 aromatic heterocycles. The number of aliphatic hydroxyl groups excluding tert-OH is 3. The average molecular weight is 858 g/mol. The van der Waals surface area contributed by atoms with Gasteiger partial charge in [-0.05, 0) is 116 Å². The van der Waals surface area contributed by atoms with Gasteiger partial charge in [0.15, 0.2) is 6.10 Å². The molecule has 0 aliphatic heterocycles. The third kappa shape index (κ3) is 43.4. The zero-order valence-electron chi connectivity index (χ0n) is 38.8. The SMILES string of the molecule is CCCCC(O)C/C=C\CCCCCCC[NH+]([O-])OCC(CO[NH+]([O-])CCCCCCC/C=C\CC(O)CCCC)O[NH+]([O-])CCCCCCC/C=C\CC(O)CCCC. The van der Waals surface area contributed by atoms with Crippen LogP contribution in [0.25, 0.3) is 0 Å². The molecule has 0 bridgehead atoms. The molecule has 0 fully saturated rings. The summed E-state index contributed by atoms with van der Waals surface area (Å²) in [7, 11) is 0. The topological polar surface area (TPSA) is 171 Å². The number of unbranched alkanes of at least 4 members (excludes halogenated alkanes) is 18. The molecular formula is C48H95N3O9. The number of rotatable bonds is 47. The predicted molar refractivity (Wildman–Crippen MR) is 245 cm³/mol. The van der Waals surface area contributed by atoms with E-state index in [9.17, 15) is 30.9 Å². The Bertz CT molecular complexity index is 910. The van der Waals surface area contributed by atoms with Crippen LogP contribution in [0.3, 0.4) is 0 Å². The first-order chi connectivity index (χ1) is 29.2. The number of hydrogen-bond donors (Lipinski definition) is 6. The van der Waals surface area contributed by atoms with E-state index < -0.39 is 6.10 Å². The molecule has 0 rings (SSSR count). The molecule has 6 N–H and O–H groups in total. The van der Waals surface area contributed by atoms with E-state index in [4.69, 9.17) is 14.5 Å². The van der Waals surface area contributed by atoms with Crippen molar-refractivity contribution in [1.82, 2.24) is 0 Å². The van der Waals surface area contributed by atoms with E-state index >= 15 is 0 Å². The van der Waals surface area contributed by atoms with Gasteiger partial charge in [-0.25, -0.2) is 25.4 Å². The van der Waals surface area contributed by atoms with Crippen molar-refractivity contribution in [1.29, 1.82) is 0 Å². The second kappa shape index (κ2) is 45.8. The molecule has 12 heteroatoms. The molecule has 0 aliphatic rings. The highest BCUT2D eigenvalue weighted by molar-refractivity contribution is 4.85. The minimum absolute atomic E-state index is 0.132. The third-order valence-electron chi connectivity index (χ3n) is 10.8. The monoisotopic (exact) mass is 858 g/mol. The molecule has 0 spiro atoms. The molecule has 0 aromatic carbocycles. The molecule has 60 heavy (non-hydrogen) atoms. The largest absolute Gasteiger partial charge is 0.600 e. The Morgan fingerprint density at radius 1 is 0.400 bits per heavy atom. The van der Waals surface area contributed by atoms with Gasteiger partial charge in [-0.1, -0.05) is 134 Å². The van der Waals surface area contributed by atoms with Crippen LogP contribution in [-0.4, -0.2) is 72.6 Å². The van der Waals surface area contributed by atoms with Gasteiger partial charge < -0.3 is 30.9 Å². The van der Waals surface area contributed by atoms with Gasteiger partial charge in [-0.2, -0.15) is 4.84 Å². The fourth-order valence-electron chi connectivity index (χ4n) is 6.85. The normalized spacial score (nSPS) is 15.9. The maximum absolute atomic E-state index is 12.8. The van der Waals surface area contributed by atoms with Gasteiger partial charge >= 0.3 is 0 Å². The summed E-state index contributed by atoms with van der Waals surface area (Å²) in [6.45, 7) is 7.00. The minimum atomic E-state index is -0.834. The Morgan fingerprint density at radius 3 is 1.03 bits per heavy atom. The molecule has 6 atom stereocenters. The molecule has 356 valence electrons. The van der Waals surface area contributed by atoms with Crippen LogP contribution in [0.4, 0.5) is 0 Å². The Labute approximate surface area is 367 Å². The second-order valence-corrected chi connectivity index (χ2v) is 16.9. The highest BCUT2D eigenvalue weighted by atomic mass is 16.9. The van der Waals surface area contributed by atoms with Crippen LogP contribution in [0.1, 0.15) is 213 Å². The molecule has 0 saturated heterocycles. The van der Waals surface area contributed by atoms with Crippen molar-refractivity contribution < 1.29 is 45.5 Å². The van der Waals surface area contributed by atoms with Gasteiger partial charge in [-0.15, -0.1) is 0 Å². The fraction of sp³-hybridized carbons (Fsp3) is 0.875. The first kappa shape index (κ1) is 58.7. The van der Waals surface area contributed by atoms with Crippen molar-refractivity contribution in [3.63, 3.8) is 0 Å². The van der Waals surface area contributed by atoms with E-state index in [0.29, 0.717) is 19.5 Å². The number of quaternary nitrogens is 3. The summed E-state index contributed by atoms with van der Waals surface area (Å²) in [5.74, 6) is 0. The standard InChI is InChI=1S/C48H95N3O9/c1-4-7-34-45(52)37-28-22-16-10-13-19-25-31-40-49(55)58-43-48(60-51(57)42-33-27-21-15-12-18-24-30-39-47(54)36-9-6-3)44-59-50(56)41-32-26-20-14-11-17-23-29-38-46(53)35-8-5-2/h22-24,28-30,45-54H,4-21,25-27,31-44H2,1-3H3/b28-22-,29-23-,30-24-. The van der Waals surface area contributed by atoms with E-state index in [1.54, 1.807) is 0 Å². The van der Waals surface area contributed by atoms with Gasteiger partial charge in [0, 0.05) is 0 Å². The summed E-state index contributed by atoms with van der Waals surface area (Å²) in [4.78, 5) is 16.7. The maximum Gasteiger partial charge on any atom is 0.175 e. The molecule has 0 heterocycles. The van der Waals surface area contributed by atoms with Crippen LogP contribution >= 0.6 is 0 Å². The quantitative estimate of drug-likeness (QED) is 0.0203. The lowest BCUT2D eigenvalue weighted by molar-refractivity contribution is -1.08. The number of allylic oxidation sites excluding steroid dienone is 3. The van der Waals surface area contributed by atoms with Gasteiger partial charge in [0.1, 0.15) is 32.8 Å². The van der Waals surface area contributed by atoms with Crippen molar-refractivity contribution in [3.8, 4) is 0 Å². The highest BCUT2D eigenvalue weighted by Crippen LogP contribution is 2.11. The van der Waals surface area contributed by atoms with Crippen molar-refractivity contribution in [2.75, 3.05) is 32.8 Å². The summed E-state index contributed by atoms with van der Waals surface area (Å²) in [5, 5.41) is 66.6. The Balaban J connectivity index is 4.48. The van der Waals surface area contributed by atoms with Crippen LogP contribution in [0.5, 0.6) is 0 Å². The lowest BCUT2D eigenvalue weighted by Gasteiger charge is -2.28. The second-order valence-electron chi connectivity index (χ2n) is 16.9. The van der Waals surface area contributed by atoms with Gasteiger partial charge in [0.2, 0.25) is 0 Å². The maximum atomic E-state index is 12.8. The van der Waals surface area contributed by atoms with Crippen molar-refractivity contribution in [3.05, 3.63) is 52.1 Å².